The third-order valence-corrected chi connectivity index (χ3v) is 6.26. The second-order valence-electron chi connectivity index (χ2n) is 8.10. The molecule has 0 amide bonds. The first kappa shape index (κ1) is 23.3. The molecule has 0 aromatic heterocycles. The summed E-state index contributed by atoms with van der Waals surface area (Å²) in [5, 5.41) is 9.53. The summed E-state index contributed by atoms with van der Waals surface area (Å²) in [4.78, 5) is 10.9. The van der Waals surface area contributed by atoms with E-state index in [0.29, 0.717) is 23.6 Å². The van der Waals surface area contributed by atoms with E-state index >= 15 is 0 Å². The molecule has 3 rings (SSSR count). The molecule has 0 saturated carbocycles. The average Bonchev–Trinajstić information content (AvgIpc) is 2.87. The Bertz CT molecular complexity index is 981. The van der Waals surface area contributed by atoms with E-state index in [1.54, 1.807) is 12.1 Å². The molecule has 0 spiro atoms. The van der Waals surface area contributed by atoms with Crippen molar-refractivity contribution in [2.45, 2.75) is 58.3 Å². The van der Waals surface area contributed by atoms with Crippen molar-refractivity contribution in [2.75, 3.05) is 6.61 Å². The fraction of sp³-hybridized carbons (Fsp3) is 0.400. The number of benzene rings is 2. The molecule has 3 nitrogen and oxygen atoms in total. The van der Waals surface area contributed by atoms with Crippen molar-refractivity contribution in [1.29, 1.82) is 0 Å². The maximum Gasteiger partial charge on any atom is 0.303 e. The number of carboxylic acid groups (broad SMARTS) is 1. The Kier molecular flexibility index (Phi) is 7.37. The Morgan fingerprint density at radius 2 is 1.74 bits per heavy atom. The van der Waals surface area contributed by atoms with Gasteiger partial charge in [-0.05, 0) is 84.7 Å². The van der Waals surface area contributed by atoms with Crippen molar-refractivity contribution in [3.8, 4) is 5.75 Å². The topological polar surface area (TPSA) is 46.5 Å². The number of aliphatic carboxylic acids is 1. The smallest absolute Gasteiger partial charge is 0.303 e. The van der Waals surface area contributed by atoms with Crippen molar-refractivity contribution in [3.05, 3.63) is 69.2 Å². The van der Waals surface area contributed by atoms with E-state index in [1.165, 1.54) is 0 Å². The summed E-state index contributed by atoms with van der Waals surface area (Å²) in [5.74, 6) is -2.82. The third-order valence-electron chi connectivity index (χ3n) is 6.01. The van der Waals surface area contributed by atoms with E-state index in [-0.39, 0.29) is 32.3 Å². The fourth-order valence-corrected chi connectivity index (χ4v) is 4.06. The first-order valence-electron chi connectivity index (χ1n) is 10.4. The molecule has 166 valence electrons. The van der Waals surface area contributed by atoms with Crippen LogP contribution < -0.4 is 4.74 Å². The minimum absolute atomic E-state index is 0.0754. The zero-order valence-electron chi connectivity index (χ0n) is 17.8. The molecule has 0 aliphatic heterocycles. The molecule has 1 aliphatic rings. The molecule has 0 radical (unpaired) electrons. The zero-order chi connectivity index (χ0) is 22.6. The molecule has 2 aromatic rings. The quantitative estimate of drug-likeness (QED) is 0.495. The van der Waals surface area contributed by atoms with Crippen LogP contribution in [0.2, 0.25) is 5.02 Å². The Morgan fingerprint density at radius 3 is 2.42 bits per heavy atom. The van der Waals surface area contributed by atoms with Crippen LogP contribution in [0.15, 0.2) is 42.0 Å². The summed E-state index contributed by atoms with van der Waals surface area (Å²) in [7, 11) is 0. The van der Waals surface area contributed by atoms with Gasteiger partial charge in [0, 0.05) is 24.3 Å². The number of alkyl halides is 2. The summed E-state index contributed by atoms with van der Waals surface area (Å²) in [6.07, 6.45) is 0.744. The minimum Gasteiger partial charge on any atom is -0.489 e. The van der Waals surface area contributed by atoms with Gasteiger partial charge < -0.3 is 9.84 Å². The molecule has 2 aromatic carbocycles. The Morgan fingerprint density at radius 1 is 1.06 bits per heavy atom. The zero-order valence-corrected chi connectivity index (χ0v) is 18.6. The van der Waals surface area contributed by atoms with Gasteiger partial charge in [-0.15, -0.1) is 0 Å². The molecule has 31 heavy (non-hydrogen) atoms. The first-order chi connectivity index (χ1) is 14.7. The number of rotatable bonds is 7. The highest BCUT2D eigenvalue weighted by Gasteiger charge is 2.32. The highest BCUT2D eigenvalue weighted by molar-refractivity contribution is 6.30. The second-order valence-corrected chi connectivity index (χ2v) is 8.54. The van der Waals surface area contributed by atoms with Crippen molar-refractivity contribution in [2.24, 2.45) is 0 Å². The van der Waals surface area contributed by atoms with Crippen LogP contribution in [0.1, 0.15) is 54.4 Å². The lowest BCUT2D eigenvalue weighted by molar-refractivity contribution is -0.136. The van der Waals surface area contributed by atoms with Crippen LogP contribution in [0.3, 0.4) is 0 Å². The molecule has 6 heteroatoms. The normalized spacial score (nSPS) is 16.2. The lowest BCUT2D eigenvalue weighted by Crippen LogP contribution is -2.14. The molecular weight excluding hydrogens is 422 g/mol. The molecule has 0 saturated heterocycles. The SMILES string of the molecule is Cc1c(CCC(=O)O)ccc(OCC2=C(c3ccc(Cl)cc3)CCC(F)(F)CC2)c1C. The monoisotopic (exact) mass is 448 g/mol. The van der Waals surface area contributed by atoms with Crippen LogP contribution >= 0.6 is 11.6 Å². The van der Waals surface area contributed by atoms with Crippen molar-refractivity contribution in [1.82, 2.24) is 0 Å². The van der Waals surface area contributed by atoms with Gasteiger partial charge in [0.2, 0.25) is 5.92 Å². The van der Waals surface area contributed by atoms with Gasteiger partial charge in [-0.2, -0.15) is 0 Å². The number of aryl methyl sites for hydroxylation is 1. The van der Waals surface area contributed by atoms with E-state index in [1.807, 2.05) is 38.1 Å². The second kappa shape index (κ2) is 9.82. The summed E-state index contributed by atoms with van der Waals surface area (Å²) in [5.41, 5.74) is 5.60. The number of carbonyl (C=O) groups is 1. The largest absolute Gasteiger partial charge is 0.489 e. The third kappa shape index (κ3) is 6.07. The van der Waals surface area contributed by atoms with E-state index in [2.05, 4.69) is 0 Å². The van der Waals surface area contributed by atoms with Crippen LogP contribution in [-0.4, -0.2) is 23.6 Å². The van der Waals surface area contributed by atoms with Crippen molar-refractivity contribution < 1.29 is 23.4 Å². The lowest BCUT2D eigenvalue weighted by Gasteiger charge is -2.17. The van der Waals surface area contributed by atoms with Crippen molar-refractivity contribution in [3.63, 3.8) is 0 Å². The van der Waals surface area contributed by atoms with Crippen LogP contribution in [0.25, 0.3) is 5.57 Å². The molecule has 1 aliphatic carbocycles. The molecule has 1 N–H and O–H groups in total. The van der Waals surface area contributed by atoms with Crippen LogP contribution in [0.5, 0.6) is 5.75 Å². The molecule has 0 atom stereocenters. The molecule has 0 heterocycles. The van der Waals surface area contributed by atoms with Gasteiger partial charge in [-0.1, -0.05) is 29.8 Å². The predicted octanol–water partition coefficient (Wildman–Crippen LogP) is 7.02. The van der Waals surface area contributed by atoms with Gasteiger partial charge in [0.1, 0.15) is 12.4 Å². The van der Waals surface area contributed by atoms with Crippen LogP contribution in [0, 0.1) is 13.8 Å². The molecular formula is C25H27ClF2O3. The Labute approximate surface area is 186 Å². The molecule has 0 unspecified atom stereocenters. The number of carboxylic acids is 1. The maximum absolute atomic E-state index is 14.1. The lowest BCUT2D eigenvalue weighted by atomic mass is 9.96. The predicted molar refractivity (Wildman–Crippen MR) is 119 cm³/mol. The van der Waals surface area contributed by atoms with Gasteiger partial charge in [0.05, 0.1) is 0 Å². The maximum atomic E-state index is 14.1. The highest BCUT2D eigenvalue weighted by Crippen LogP contribution is 2.39. The highest BCUT2D eigenvalue weighted by atomic mass is 35.5. The Hall–Kier alpha value is -2.40. The van der Waals surface area contributed by atoms with Crippen LogP contribution in [0.4, 0.5) is 8.78 Å². The van der Waals surface area contributed by atoms with Gasteiger partial charge in [-0.25, -0.2) is 8.78 Å². The molecule has 0 fully saturated rings. The summed E-state index contributed by atoms with van der Waals surface area (Å²) >= 11 is 6.00. The van der Waals surface area contributed by atoms with Gasteiger partial charge >= 0.3 is 5.97 Å². The van der Waals surface area contributed by atoms with Gasteiger partial charge in [0.15, 0.2) is 0 Å². The number of halogens is 3. The van der Waals surface area contributed by atoms with Crippen molar-refractivity contribution >= 4 is 23.1 Å². The standard InChI is InChI=1S/C25H27ClF2O3/c1-16-17(2)23(9-5-18(16)6-10-24(29)30)31-15-20-11-13-25(27,28)14-12-22(20)19-3-7-21(26)8-4-19/h3-5,7-9H,6,10-15H2,1-2H3,(H,29,30). The first-order valence-corrected chi connectivity index (χ1v) is 10.8. The van der Waals surface area contributed by atoms with Gasteiger partial charge in [0.25, 0.3) is 0 Å². The number of hydrogen-bond acceptors (Lipinski definition) is 2. The van der Waals surface area contributed by atoms with E-state index in [4.69, 9.17) is 21.4 Å². The number of ether oxygens (including phenoxy) is 1. The van der Waals surface area contributed by atoms with E-state index in [9.17, 15) is 13.6 Å². The summed E-state index contributed by atoms with van der Waals surface area (Å²) < 4.78 is 34.3. The average molecular weight is 449 g/mol. The number of allylic oxidation sites excluding steroid dienone is 1. The van der Waals surface area contributed by atoms with E-state index < -0.39 is 11.9 Å². The Balaban J connectivity index is 1.83. The van der Waals surface area contributed by atoms with Crippen LogP contribution in [-0.2, 0) is 11.2 Å². The van der Waals surface area contributed by atoms with Gasteiger partial charge in [-0.3, -0.25) is 4.79 Å². The summed E-state index contributed by atoms with van der Waals surface area (Å²) in [6.45, 7) is 4.12. The minimum atomic E-state index is -2.68. The molecule has 0 bridgehead atoms. The number of hydrogen-bond donors (Lipinski definition) is 1. The summed E-state index contributed by atoms with van der Waals surface area (Å²) in [6, 6.07) is 11.0. The fourth-order valence-electron chi connectivity index (χ4n) is 3.94. The van der Waals surface area contributed by atoms with E-state index in [0.717, 1.165) is 33.4 Å².